The Morgan fingerprint density at radius 1 is 1.00 bits per heavy atom. The van der Waals surface area contributed by atoms with Gasteiger partial charge in [-0.1, -0.05) is 43.6 Å². The highest BCUT2D eigenvalue weighted by Gasteiger charge is 2.09. The van der Waals surface area contributed by atoms with E-state index in [4.69, 9.17) is 4.74 Å². The zero-order valence-corrected chi connectivity index (χ0v) is 14.1. The van der Waals surface area contributed by atoms with Crippen LogP contribution < -0.4 is 4.74 Å². The van der Waals surface area contributed by atoms with E-state index < -0.39 is 0 Å². The number of halogens is 1. The molecule has 0 bridgehead atoms. The second-order valence-corrected chi connectivity index (χ2v) is 6.77. The number of hydrogen-bond acceptors (Lipinski definition) is 2. The van der Waals surface area contributed by atoms with Gasteiger partial charge in [0.05, 0.1) is 0 Å². The van der Waals surface area contributed by atoms with Crippen LogP contribution >= 0.6 is 15.9 Å². The second-order valence-electron chi connectivity index (χ2n) is 5.85. The summed E-state index contributed by atoms with van der Waals surface area (Å²) >= 11 is 3.43. The molecule has 0 aliphatic carbocycles. The van der Waals surface area contributed by atoms with Crippen LogP contribution in [0.25, 0.3) is 0 Å². The Bertz CT molecular complexity index is 338. The van der Waals surface area contributed by atoms with Crippen LogP contribution in [0, 0.1) is 11.8 Å². The van der Waals surface area contributed by atoms with Gasteiger partial charge in [-0.05, 0) is 36.1 Å². The molecule has 0 heterocycles. The van der Waals surface area contributed by atoms with E-state index in [2.05, 4.69) is 48.5 Å². The Morgan fingerprint density at radius 3 is 2.00 bits per heavy atom. The Labute approximate surface area is 126 Å². The number of ether oxygens (including phenoxy) is 1. The summed E-state index contributed by atoms with van der Waals surface area (Å²) in [7, 11) is 0. The van der Waals surface area contributed by atoms with Crippen LogP contribution in [0.5, 0.6) is 5.75 Å². The van der Waals surface area contributed by atoms with Crippen LogP contribution in [-0.2, 0) is 0 Å². The Morgan fingerprint density at radius 2 is 1.53 bits per heavy atom. The third-order valence-corrected chi connectivity index (χ3v) is 3.27. The lowest BCUT2D eigenvalue weighted by Crippen LogP contribution is -2.34. The quantitative estimate of drug-likeness (QED) is 0.699. The molecule has 0 aromatic heterocycles. The molecule has 3 heteroatoms. The van der Waals surface area contributed by atoms with Crippen LogP contribution in [0.4, 0.5) is 0 Å². The van der Waals surface area contributed by atoms with Crippen molar-refractivity contribution in [3.63, 3.8) is 0 Å². The van der Waals surface area contributed by atoms with E-state index in [9.17, 15) is 0 Å². The van der Waals surface area contributed by atoms with E-state index in [1.54, 1.807) is 0 Å². The van der Waals surface area contributed by atoms with E-state index in [1.165, 1.54) is 0 Å². The molecular weight excluding hydrogens is 302 g/mol. The van der Waals surface area contributed by atoms with E-state index in [0.29, 0.717) is 11.8 Å². The first-order valence-corrected chi connectivity index (χ1v) is 7.87. The maximum absolute atomic E-state index is 5.79. The summed E-state index contributed by atoms with van der Waals surface area (Å²) in [6, 6.07) is 8.02. The van der Waals surface area contributed by atoms with Crippen molar-refractivity contribution in [3.05, 3.63) is 28.7 Å². The molecule has 0 spiro atoms. The van der Waals surface area contributed by atoms with Gasteiger partial charge in [0.25, 0.3) is 0 Å². The number of hydrogen-bond donors (Lipinski definition) is 0. The summed E-state index contributed by atoms with van der Waals surface area (Å²) in [6.45, 7) is 13.1. The molecule has 0 saturated carbocycles. The van der Waals surface area contributed by atoms with Crippen LogP contribution in [0.15, 0.2) is 28.7 Å². The molecule has 1 aromatic rings. The summed E-state index contributed by atoms with van der Waals surface area (Å²) in [5.41, 5.74) is 0. The van der Waals surface area contributed by atoms with Gasteiger partial charge in [-0.3, -0.25) is 4.90 Å². The lowest BCUT2D eigenvalue weighted by Gasteiger charge is -2.26. The molecule has 0 saturated heterocycles. The number of benzene rings is 1. The van der Waals surface area contributed by atoms with Crippen molar-refractivity contribution in [2.24, 2.45) is 11.8 Å². The molecular formula is C16H26BrNO. The van der Waals surface area contributed by atoms with Crippen molar-refractivity contribution in [2.75, 3.05) is 26.2 Å². The average molecular weight is 328 g/mol. The lowest BCUT2D eigenvalue weighted by molar-refractivity contribution is 0.177. The standard InChI is InChI=1S/C16H26BrNO/c1-13(2)11-18(12-14(3)4)9-10-19-16-7-5-15(17)6-8-16/h5-8,13-14H,9-12H2,1-4H3. The zero-order chi connectivity index (χ0) is 14.3. The van der Waals surface area contributed by atoms with Crippen LogP contribution in [0.1, 0.15) is 27.7 Å². The second kappa shape index (κ2) is 8.60. The molecule has 0 amide bonds. The summed E-state index contributed by atoms with van der Waals surface area (Å²) in [6.07, 6.45) is 0. The molecule has 19 heavy (non-hydrogen) atoms. The van der Waals surface area contributed by atoms with Gasteiger partial charge in [0.15, 0.2) is 0 Å². The minimum Gasteiger partial charge on any atom is -0.492 e. The molecule has 0 aliphatic heterocycles. The van der Waals surface area contributed by atoms with Gasteiger partial charge < -0.3 is 4.74 Å². The van der Waals surface area contributed by atoms with Crippen molar-refractivity contribution in [1.82, 2.24) is 4.90 Å². The molecule has 1 aromatic carbocycles. The van der Waals surface area contributed by atoms with Gasteiger partial charge in [-0.25, -0.2) is 0 Å². The SMILES string of the molecule is CC(C)CN(CCOc1ccc(Br)cc1)CC(C)C. The third kappa shape index (κ3) is 7.58. The summed E-state index contributed by atoms with van der Waals surface area (Å²) in [5, 5.41) is 0. The fourth-order valence-corrected chi connectivity index (χ4v) is 2.38. The van der Waals surface area contributed by atoms with E-state index in [-0.39, 0.29) is 0 Å². The highest BCUT2D eigenvalue weighted by molar-refractivity contribution is 9.10. The third-order valence-electron chi connectivity index (χ3n) is 2.74. The van der Waals surface area contributed by atoms with Crippen molar-refractivity contribution in [1.29, 1.82) is 0 Å². The predicted octanol–water partition coefficient (Wildman–Crippen LogP) is 4.44. The molecule has 2 nitrogen and oxygen atoms in total. The summed E-state index contributed by atoms with van der Waals surface area (Å²) in [4.78, 5) is 2.49. The van der Waals surface area contributed by atoms with Gasteiger partial charge in [0.1, 0.15) is 12.4 Å². The van der Waals surface area contributed by atoms with E-state index >= 15 is 0 Å². The largest absolute Gasteiger partial charge is 0.492 e. The average Bonchev–Trinajstić information content (AvgIpc) is 2.30. The Balaban J connectivity index is 2.36. The zero-order valence-electron chi connectivity index (χ0n) is 12.5. The van der Waals surface area contributed by atoms with Crippen molar-refractivity contribution < 1.29 is 4.74 Å². The molecule has 0 unspecified atom stereocenters. The Hall–Kier alpha value is -0.540. The van der Waals surface area contributed by atoms with Crippen LogP contribution in [-0.4, -0.2) is 31.1 Å². The molecule has 0 aliphatic rings. The molecule has 0 radical (unpaired) electrons. The first-order chi connectivity index (χ1) is 8.97. The van der Waals surface area contributed by atoms with Gasteiger partial charge in [0, 0.05) is 24.1 Å². The van der Waals surface area contributed by atoms with Gasteiger partial charge in [-0.15, -0.1) is 0 Å². The molecule has 0 fully saturated rings. The normalized spacial score (nSPS) is 11.6. The van der Waals surface area contributed by atoms with Crippen molar-refractivity contribution >= 4 is 15.9 Å². The van der Waals surface area contributed by atoms with Crippen molar-refractivity contribution in [2.45, 2.75) is 27.7 Å². The minimum atomic E-state index is 0.700. The Kier molecular flexibility index (Phi) is 7.47. The maximum atomic E-state index is 5.79. The van der Waals surface area contributed by atoms with Crippen molar-refractivity contribution in [3.8, 4) is 5.75 Å². The molecule has 0 atom stereocenters. The number of rotatable bonds is 8. The lowest BCUT2D eigenvalue weighted by atomic mass is 10.1. The summed E-state index contributed by atoms with van der Waals surface area (Å²) < 4.78 is 6.88. The number of nitrogens with zero attached hydrogens (tertiary/aromatic N) is 1. The van der Waals surface area contributed by atoms with Gasteiger partial charge in [0.2, 0.25) is 0 Å². The van der Waals surface area contributed by atoms with Crippen LogP contribution in [0.3, 0.4) is 0 Å². The van der Waals surface area contributed by atoms with Gasteiger partial charge >= 0.3 is 0 Å². The smallest absolute Gasteiger partial charge is 0.119 e. The topological polar surface area (TPSA) is 12.5 Å². The minimum absolute atomic E-state index is 0.700. The fraction of sp³-hybridized carbons (Fsp3) is 0.625. The maximum Gasteiger partial charge on any atom is 0.119 e. The highest BCUT2D eigenvalue weighted by atomic mass is 79.9. The predicted molar refractivity (Wildman–Crippen MR) is 85.8 cm³/mol. The fourth-order valence-electron chi connectivity index (χ4n) is 2.11. The molecule has 0 N–H and O–H groups in total. The molecule has 1 rings (SSSR count). The van der Waals surface area contributed by atoms with E-state index in [0.717, 1.165) is 36.5 Å². The summed E-state index contributed by atoms with van der Waals surface area (Å²) in [5.74, 6) is 2.34. The highest BCUT2D eigenvalue weighted by Crippen LogP contribution is 2.16. The first kappa shape index (κ1) is 16.5. The van der Waals surface area contributed by atoms with Crippen LogP contribution in [0.2, 0.25) is 0 Å². The van der Waals surface area contributed by atoms with Gasteiger partial charge in [-0.2, -0.15) is 0 Å². The van der Waals surface area contributed by atoms with E-state index in [1.807, 2.05) is 24.3 Å². The first-order valence-electron chi connectivity index (χ1n) is 7.08. The monoisotopic (exact) mass is 327 g/mol. The molecule has 108 valence electrons.